The maximum atomic E-state index is 5.25. The van der Waals surface area contributed by atoms with Crippen molar-refractivity contribution in [3.8, 4) is 0 Å². The van der Waals surface area contributed by atoms with Crippen LogP contribution in [-0.2, 0) is 0 Å². The highest BCUT2D eigenvalue weighted by atomic mass is 32.1. The van der Waals surface area contributed by atoms with Crippen molar-refractivity contribution in [2.24, 2.45) is 0 Å². The van der Waals surface area contributed by atoms with Crippen LogP contribution in [0, 0.1) is 0 Å². The van der Waals surface area contributed by atoms with Crippen LogP contribution < -0.4 is 0 Å². The van der Waals surface area contributed by atoms with Crippen LogP contribution in [0.4, 0.5) is 0 Å². The molecule has 0 aromatic carbocycles. The molecular weight excluding hydrogens is 176 g/mol. The van der Waals surface area contributed by atoms with Crippen molar-refractivity contribution in [2.75, 3.05) is 0 Å². The fourth-order valence-electron chi connectivity index (χ4n) is 1.51. The summed E-state index contributed by atoms with van der Waals surface area (Å²) in [5, 5.41) is 0. The molecule has 0 unspecified atom stereocenters. The zero-order valence-corrected chi connectivity index (χ0v) is 10.1. The monoisotopic (exact) mass is 200 g/mol. The standard InChI is InChI=1S/C12H24S/c1-3-5-6-7-8-9-11-12(13)10-4-2/h3-11H2,1-2H3. The zero-order chi connectivity index (χ0) is 9.94. The maximum absolute atomic E-state index is 5.25. The van der Waals surface area contributed by atoms with Gasteiger partial charge in [-0.2, -0.15) is 0 Å². The summed E-state index contributed by atoms with van der Waals surface area (Å²) >= 11 is 5.25. The molecule has 0 bridgehead atoms. The summed E-state index contributed by atoms with van der Waals surface area (Å²) in [6, 6.07) is 0. The molecule has 1 heteroatoms. The Labute approximate surface area is 89.1 Å². The highest BCUT2D eigenvalue weighted by Crippen LogP contribution is 2.09. The summed E-state index contributed by atoms with van der Waals surface area (Å²) in [5.74, 6) is 0. The second kappa shape index (κ2) is 10.2. The minimum absolute atomic E-state index is 1.16. The Morgan fingerprint density at radius 3 is 2.00 bits per heavy atom. The molecule has 0 radical (unpaired) electrons. The van der Waals surface area contributed by atoms with E-state index in [0.717, 1.165) is 6.42 Å². The van der Waals surface area contributed by atoms with E-state index in [9.17, 15) is 0 Å². The summed E-state index contributed by atoms with van der Waals surface area (Å²) in [4.78, 5) is 1.29. The van der Waals surface area contributed by atoms with Crippen LogP contribution in [0.2, 0.25) is 0 Å². The van der Waals surface area contributed by atoms with E-state index in [1.807, 2.05) is 0 Å². The highest BCUT2D eigenvalue weighted by Gasteiger charge is 1.95. The minimum Gasteiger partial charge on any atom is -0.0897 e. The molecule has 0 aliphatic heterocycles. The van der Waals surface area contributed by atoms with Crippen LogP contribution in [-0.4, -0.2) is 4.86 Å². The Balaban J connectivity index is 3.02. The second-order valence-electron chi connectivity index (χ2n) is 3.81. The molecular formula is C12H24S. The van der Waals surface area contributed by atoms with Gasteiger partial charge in [0.05, 0.1) is 0 Å². The predicted molar refractivity (Wildman–Crippen MR) is 65.5 cm³/mol. The van der Waals surface area contributed by atoms with Gasteiger partial charge in [0.25, 0.3) is 0 Å². The lowest BCUT2D eigenvalue weighted by Gasteiger charge is -2.01. The molecule has 0 amide bonds. The molecule has 0 aromatic rings. The van der Waals surface area contributed by atoms with Crippen LogP contribution in [0.25, 0.3) is 0 Å². The molecule has 0 N–H and O–H groups in total. The van der Waals surface area contributed by atoms with E-state index in [4.69, 9.17) is 12.2 Å². The van der Waals surface area contributed by atoms with E-state index in [1.165, 1.54) is 56.2 Å². The van der Waals surface area contributed by atoms with Crippen molar-refractivity contribution in [2.45, 2.75) is 71.6 Å². The Morgan fingerprint density at radius 1 is 0.769 bits per heavy atom. The van der Waals surface area contributed by atoms with Gasteiger partial charge >= 0.3 is 0 Å². The molecule has 0 aromatic heterocycles. The molecule has 0 spiro atoms. The van der Waals surface area contributed by atoms with Crippen molar-refractivity contribution < 1.29 is 0 Å². The van der Waals surface area contributed by atoms with Crippen LogP contribution in [0.15, 0.2) is 0 Å². The van der Waals surface area contributed by atoms with E-state index in [1.54, 1.807) is 0 Å². The van der Waals surface area contributed by atoms with Crippen LogP contribution in [0.5, 0.6) is 0 Å². The van der Waals surface area contributed by atoms with E-state index in [0.29, 0.717) is 0 Å². The molecule has 0 aliphatic rings. The van der Waals surface area contributed by atoms with Crippen LogP contribution in [0.1, 0.15) is 71.6 Å². The molecule has 0 aliphatic carbocycles. The largest absolute Gasteiger partial charge is 0.0897 e. The number of thiocarbonyl (C=S) groups is 1. The summed E-state index contributed by atoms with van der Waals surface area (Å²) in [6.45, 7) is 4.46. The summed E-state index contributed by atoms with van der Waals surface area (Å²) in [6.07, 6.45) is 11.8. The smallest absolute Gasteiger partial charge is 0.00716 e. The minimum atomic E-state index is 1.16. The van der Waals surface area contributed by atoms with Gasteiger partial charge in [0.15, 0.2) is 0 Å². The van der Waals surface area contributed by atoms with Gasteiger partial charge in [-0.1, -0.05) is 64.6 Å². The van der Waals surface area contributed by atoms with Crippen molar-refractivity contribution >= 4 is 17.1 Å². The Bertz CT molecular complexity index is 118. The molecule has 78 valence electrons. The van der Waals surface area contributed by atoms with Gasteiger partial charge in [0.2, 0.25) is 0 Å². The fraction of sp³-hybridized carbons (Fsp3) is 0.917. The molecule has 0 rings (SSSR count). The van der Waals surface area contributed by atoms with Crippen molar-refractivity contribution in [3.63, 3.8) is 0 Å². The highest BCUT2D eigenvalue weighted by molar-refractivity contribution is 7.80. The van der Waals surface area contributed by atoms with Gasteiger partial charge in [-0.3, -0.25) is 0 Å². The molecule has 13 heavy (non-hydrogen) atoms. The van der Waals surface area contributed by atoms with Gasteiger partial charge in [0.1, 0.15) is 0 Å². The van der Waals surface area contributed by atoms with Gasteiger partial charge < -0.3 is 0 Å². The van der Waals surface area contributed by atoms with E-state index >= 15 is 0 Å². The Kier molecular flexibility index (Phi) is 10.2. The zero-order valence-electron chi connectivity index (χ0n) is 9.27. The molecule has 0 saturated carbocycles. The lowest BCUT2D eigenvalue weighted by molar-refractivity contribution is 0.615. The first-order chi connectivity index (χ1) is 6.31. The molecule has 0 nitrogen and oxygen atoms in total. The third-order valence-electron chi connectivity index (χ3n) is 2.34. The lowest BCUT2D eigenvalue weighted by atomic mass is 10.1. The second-order valence-corrected chi connectivity index (χ2v) is 4.38. The van der Waals surface area contributed by atoms with Crippen LogP contribution in [0.3, 0.4) is 0 Å². The van der Waals surface area contributed by atoms with Crippen molar-refractivity contribution in [3.05, 3.63) is 0 Å². The fourth-order valence-corrected chi connectivity index (χ4v) is 1.85. The summed E-state index contributed by atoms with van der Waals surface area (Å²) in [5.41, 5.74) is 0. The van der Waals surface area contributed by atoms with Crippen molar-refractivity contribution in [1.82, 2.24) is 0 Å². The Morgan fingerprint density at radius 2 is 1.38 bits per heavy atom. The average molecular weight is 200 g/mol. The third kappa shape index (κ3) is 10.0. The van der Waals surface area contributed by atoms with Gasteiger partial charge in [-0.15, -0.1) is 0 Å². The maximum Gasteiger partial charge on any atom is -0.00716 e. The first-order valence-corrected chi connectivity index (χ1v) is 6.23. The van der Waals surface area contributed by atoms with Gasteiger partial charge in [-0.25, -0.2) is 0 Å². The van der Waals surface area contributed by atoms with E-state index in [2.05, 4.69) is 13.8 Å². The summed E-state index contributed by atoms with van der Waals surface area (Å²) in [7, 11) is 0. The first-order valence-electron chi connectivity index (χ1n) is 5.83. The normalized spacial score (nSPS) is 10.3. The topological polar surface area (TPSA) is 0 Å². The molecule has 0 saturated heterocycles. The SMILES string of the molecule is CCCCCCCCC(=S)CCC. The van der Waals surface area contributed by atoms with Crippen molar-refractivity contribution in [1.29, 1.82) is 0 Å². The van der Waals surface area contributed by atoms with E-state index in [-0.39, 0.29) is 0 Å². The molecule has 0 fully saturated rings. The quantitative estimate of drug-likeness (QED) is 0.376. The number of hydrogen-bond donors (Lipinski definition) is 0. The number of unbranched alkanes of at least 4 members (excludes halogenated alkanes) is 5. The van der Waals surface area contributed by atoms with Gasteiger partial charge in [0, 0.05) is 0 Å². The molecule has 0 heterocycles. The summed E-state index contributed by atoms with van der Waals surface area (Å²) < 4.78 is 0. The lowest BCUT2D eigenvalue weighted by Crippen LogP contribution is -1.93. The first kappa shape index (κ1) is 13.1. The van der Waals surface area contributed by atoms with Crippen LogP contribution >= 0.6 is 12.2 Å². The van der Waals surface area contributed by atoms with E-state index < -0.39 is 0 Å². The average Bonchev–Trinajstić information content (AvgIpc) is 2.11. The third-order valence-corrected chi connectivity index (χ3v) is 2.75. The number of hydrogen-bond acceptors (Lipinski definition) is 1. The van der Waals surface area contributed by atoms with Gasteiger partial charge in [-0.05, 0) is 24.1 Å². The molecule has 0 atom stereocenters. The number of rotatable bonds is 9. The predicted octanol–water partition coefficient (Wildman–Crippen LogP) is 4.91. The Hall–Kier alpha value is 0.0900.